The van der Waals surface area contributed by atoms with E-state index in [4.69, 9.17) is 4.74 Å². The van der Waals surface area contributed by atoms with Crippen LogP contribution in [0.1, 0.15) is 39.2 Å². The van der Waals surface area contributed by atoms with Gasteiger partial charge in [0, 0.05) is 12.6 Å². The highest BCUT2D eigenvalue weighted by molar-refractivity contribution is 5.81. The summed E-state index contributed by atoms with van der Waals surface area (Å²) in [4.78, 5) is 11.8. The van der Waals surface area contributed by atoms with Gasteiger partial charge < -0.3 is 15.4 Å². The highest BCUT2D eigenvalue weighted by atomic mass is 16.5. The van der Waals surface area contributed by atoms with Gasteiger partial charge in [-0.05, 0) is 51.3 Å². The van der Waals surface area contributed by atoms with Gasteiger partial charge in [0.2, 0.25) is 5.91 Å². The minimum absolute atomic E-state index is 0.0853. The van der Waals surface area contributed by atoms with Crippen LogP contribution in [0.2, 0.25) is 0 Å². The second-order valence-corrected chi connectivity index (χ2v) is 5.70. The van der Waals surface area contributed by atoms with Gasteiger partial charge in [-0.1, -0.05) is 12.1 Å². The van der Waals surface area contributed by atoms with Crippen molar-refractivity contribution in [3.8, 4) is 5.75 Å². The molecule has 2 rings (SSSR count). The summed E-state index contributed by atoms with van der Waals surface area (Å²) in [6.45, 7) is 6.57. The third-order valence-electron chi connectivity index (χ3n) is 3.20. The van der Waals surface area contributed by atoms with Crippen LogP contribution >= 0.6 is 0 Å². The first-order valence-electron chi connectivity index (χ1n) is 7.34. The summed E-state index contributed by atoms with van der Waals surface area (Å²) in [5.41, 5.74) is 1.12. The van der Waals surface area contributed by atoms with Crippen LogP contribution in [0.3, 0.4) is 0 Å². The van der Waals surface area contributed by atoms with Crippen LogP contribution in [0.15, 0.2) is 24.3 Å². The molecule has 0 saturated heterocycles. The third-order valence-corrected chi connectivity index (χ3v) is 3.20. The molecule has 20 heavy (non-hydrogen) atoms. The zero-order chi connectivity index (χ0) is 14.5. The molecule has 0 radical (unpaired) electrons. The first-order chi connectivity index (χ1) is 9.54. The predicted octanol–water partition coefficient (Wildman–Crippen LogP) is 2.23. The van der Waals surface area contributed by atoms with E-state index in [0.29, 0.717) is 12.6 Å². The van der Waals surface area contributed by atoms with Crippen molar-refractivity contribution < 1.29 is 9.53 Å². The van der Waals surface area contributed by atoms with E-state index in [0.717, 1.165) is 24.2 Å². The molecule has 4 nitrogen and oxygen atoms in total. The zero-order valence-electron chi connectivity index (χ0n) is 12.5. The molecule has 1 atom stereocenters. The number of hydrogen-bond donors (Lipinski definition) is 2. The van der Waals surface area contributed by atoms with Gasteiger partial charge in [-0.15, -0.1) is 0 Å². The summed E-state index contributed by atoms with van der Waals surface area (Å²) >= 11 is 0. The van der Waals surface area contributed by atoms with Gasteiger partial charge in [0.05, 0.1) is 12.1 Å². The van der Waals surface area contributed by atoms with Gasteiger partial charge in [0.1, 0.15) is 5.75 Å². The van der Waals surface area contributed by atoms with Crippen molar-refractivity contribution in [3.05, 3.63) is 29.8 Å². The van der Waals surface area contributed by atoms with Crippen LogP contribution in [0, 0.1) is 0 Å². The fourth-order valence-corrected chi connectivity index (χ4v) is 1.92. The summed E-state index contributed by atoms with van der Waals surface area (Å²) in [6.07, 6.45) is 2.40. The summed E-state index contributed by atoms with van der Waals surface area (Å²) in [5, 5.41) is 6.25. The van der Waals surface area contributed by atoms with Crippen LogP contribution in [0.4, 0.5) is 0 Å². The van der Waals surface area contributed by atoms with Crippen molar-refractivity contribution >= 4 is 5.91 Å². The van der Waals surface area contributed by atoms with Gasteiger partial charge in [-0.25, -0.2) is 0 Å². The average molecular weight is 276 g/mol. The SMILES string of the molecule is CC(C)Oc1cccc(CNC(C)C(=O)NC2CC2)c1. The van der Waals surface area contributed by atoms with Crippen molar-refractivity contribution in [2.24, 2.45) is 0 Å². The van der Waals surface area contributed by atoms with Gasteiger partial charge >= 0.3 is 0 Å². The number of ether oxygens (including phenoxy) is 1. The minimum Gasteiger partial charge on any atom is -0.491 e. The normalized spacial score (nSPS) is 16.0. The third kappa shape index (κ3) is 4.85. The average Bonchev–Trinajstić information content (AvgIpc) is 3.19. The van der Waals surface area contributed by atoms with E-state index < -0.39 is 0 Å². The molecule has 1 fully saturated rings. The first kappa shape index (κ1) is 14.9. The fourth-order valence-electron chi connectivity index (χ4n) is 1.92. The molecule has 0 aromatic heterocycles. The lowest BCUT2D eigenvalue weighted by Crippen LogP contribution is -2.42. The molecule has 110 valence electrons. The second kappa shape index (κ2) is 6.75. The summed E-state index contributed by atoms with van der Waals surface area (Å²) in [7, 11) is 0. The first-order valence-corrected chi connectivity index (χ1v) is 7.34. The number of hydrogen-bond acceptors (Lipinski definition) is 3. The highest BCUT2D eigenvalue weighted by Gasteiger charge is 2.25. The Hall–Kier alpha value is -1.55. The lowest BCUT2D eigenvalue weighted by atomic mass is 10.2. The predicted molar refractivity (Wildman–Crippen MR) is 79.7 cm³/mol. The minimum atomic E-state index is -0.176. The molecule has 0 aliphatic heterocycles. The zero-order valence-corrected chi connectivity index (χ0v) is 12.5. The molecule has 0 bridgehead atoms. The van der Waals surface area contributed by atoms with Crippen molar-refractivity contribution in [3.63, 3.8) is 0 Å². The Balaban J connectivity index is 1.81. The quantitative estimate of drug-likeness (QED) is 0.803. The van der Waals surface area contributed by atoms with Crippen molar-refractivity contribution in [2.45, 2.75) is 58.3 Å². The summed E-state index contributed by atoms with van der Waals surface area (Å²) < 4.78 is 5.66. The standard InChI is InChI=1S/C16H24N2O2/c1-11(2)20-15-6-4-5-13(9-15)10-17-12(3)16(19)18-14-7-8-14/h4-6,9,11-12,14,17H,7-8,10H2,1-3H3,(H,18,19). The van der Waals surface area contributed by atoms with Crippen molar-refractivity contribution in [1.29, 1.82) is 0 Å². The molecule has 2 N–H and O–H groups in total. The van der Waals surface area contributed by atoms with E-state index >= 15 is 0 Å². The topological polar surface area (TPSA) is 50.4 Å². The molecular formula is C16H24N2O2. The lowest BCUT2D eigenvalue weighted by molar-refractivity contribution is -0.122. The van der Waals surface area contributed by atoms with E-state index in [-0.39, 0.29) is 18.1 Å². The number of nitrogens with one attached hydrogen (secondary N) is 2. The number of rotatable bonds is 7. The monoisotopic (exact) mass is 276 g/mol. The van der Waals surface area contributed by atoms with Gasteiger partial charge in [0.15, 0.2) is 0 Å². The Bertz CT molecular complexity index is 456. The molecular weight excluding hydrogens is 252 g/mol. The van der Waals surface area contributed by atoms with Crippen molar-refractivity contribution in [2.75, 3.05) is 0 Å². The van der Waals surface area contributed by atoms with Crippen LogP contribution in [0.5, 0.6) is 5.75 Å². The van der Waals surface area contributed by atoms with E-state index in [1.807, 2.05) is 45.0 Å². The maximum Gasteiger partial charge on any atom is 0.237 e. The summed E-state index contributed by atoms with van der Waals surface area (Å²) in [5.74, 6) is 0.955. The Morgan fingerprint density at radius 1 is 1.35 bits per heavy atom. The van der Waals surface area contributed by atoms with Crippen LogP contribution in [-0.2, 0) is 11.3 Å². The smallest absolute Gasteiger partial charge is 0.237 e. The largest absolute Gasteiger partial charge is 0.491 e. The number of benzene rings is 1. The second-order valence-electron chi connectivity index (χ2n) is 5.70. The van der Waals surface area contributed by atoms with E-state index in [2.05, 4.69) is 10.6 Å². The van der Waals surface area contributed by atoms with E-state index in [9.17, 15) is 4.79 Å². The molecule has 0 heterocycles. The number of carbonyl (C=O) groups is 1. The number of amides is 1. The van der Waals surface area contributed by atoms with Gasteiger partial charge in [0.25, 0.3) is 0 Å². The van der Waals surface area contributed by atoms with Gasteiger partial charge in [-0.3, -0.25) is 4.79 Å². The number of carbonyl (C=O) groups excluding carboxylic acids is 1. The Kier molecular flexibility index (Phi) is 5.01. The maximum atomic E-state index is 11.8. The maximum absolute atomic E-state index is 11.8. The van der Waals surface area contributed by atoms with Crippen molar-refractivity contribution in [1.82, 2.24) is 10.6 Å². The van der Waals surface area contributed by atoms with Crippen LogP contribution in [-0.4, -0.2) is 24.1 Å². The molecule has 1 unspecified atom stereocenters. The van der Waals surface area contributed by atoms with Crippen LogP contribution < -0.4 is 15.4 Å². The Labute approximate surface area is 120 Å². The van der Waals surface area contributed by atoms with E-state index in [1.54, 1.807) is 0 Å². The lowest BCUT2D eigenvalue weighted by Gasteiger charge is -2.15. The Morgan fingerprint density at radius 2 is 2.10 bits per heavy atom. The molecule has 1 aromatic rings. The Morgan fingerprint density at radius 3 is 2.75 bits per heavy atom. The molecule has 1 aliphatic carbocycles. The summed E-state index contributed by atoms with van der Waals surface area (Å²) in [6, 6.07) is 8.21. The van der Waals surface area contributed by atoms with Crippen LogP contribution in [0.25, 0.3) is 0 Å². The molecule has 1 saturated carbocycles. The fraction of sp³-hybridized carbons (Fsp3) is 0.562. The molecule has 0 spiro atoms. The molecule has 1 amide bonds. The molecule has 1 aromatic carbocycles. The molecule has 1 aliphatic rings. The highest BCUT2D eigenvalue weighted by Crippen LogP contribution is 2.18. The molecule has 4 heteroatoms. The van der Waals surface area contributed by atoms with E-state index in [1.165, 1.54) is 0 Å². The van der Waals surface area contributed by atoms with Gasteiger partial charge in [-0.2, -0.15) is 0 Å².